The molecule has 138 valence electrons. The number of nitrogens with zero attached hydrogens (tertiary/aromatic N) is 1. The molecule has 1 saturated carbocycles. The lowest BCUT2D eigenvalue weighted by atomic mass is 9.49. The van der Waals surface area contributed by atoms with Gasteiger partial charge in [-0.1, -0.05) is 32.1 Å². The molecule has 2 amide bonds. The number of rotatable bonds is 6. The molecule has 6 nitrogen and oxygen atoms in total. The first-order valence-corrected chi connectivity index (χ1v) is 8.97. The number of amides is 2. The van der Waals surface area contributed by atoms with Crippen LogP contribution in [0.5, 0.6) is 0 Å². The average molecular weight is 355 g/mol. The normalized spacial score (nSPS) is 23.1. The van der Waals surface area contributed by atoms with Gasteiger partial charge in [0.15, 0.2) is 0 Å². The molecule has 3 aliphatic carbocycles. The Balaban J connectivity index is 1.57. The Morgan fingerprint density at radius 2 is 2.19 bits per heavy atom. The minimum atomic E-state index is -0.452. The van der Waals surface area contributed by atoms with E-state index in [9.17, 15) is 9.59 Å². The number of hydrazone groups is 1. The van der Waals surface area contributed by atoms with E-state index in [0.29, 0.717) is 23.3 Å². The van der Waals surface area contributed by atoms with Crippen molar-refractivity contribution in [3.05, 3.63) is 47.0 Å². The van der Waals surface area contributed by atoms with Gasteiger partial charge in [-0.25, -0.2) is 10.9 Å². The largest absolute Gasteiger partial charge is 0.289 e. The maximum Gasteiger partial charge on any atom is 0.271 e. The van der Waals surface area contributed by atoms with E-state index in [1.165, 1.54) is 12.0 Å². The molecule has 0 aromatic heterocycles. The quantitative estimate of drug-likeness (QED) is 0.416. The zero-order valence-electron chi connectivity index (χ0n) is 15.2. The molecular weight excluding hydrogens is 330 g/mol. The van der Waals surface area contributed by atoms with Crippen LogP contribution in [0.3, 0.4) is 0 Å². The molecule has 0 spiro atoms. The van der Waals surface area contributed by atoms with Gasteiger partial charge in [-0.05, 0) is 59.8 Å². The van der Waals surface area contributed by atoms with Crippen molar-refractivity contribution < 1.29 is 14.8 Å². The van der Waals surface area contributed by atoms with Gasteiger partial charge in [0.1, 0.15) is 0 Å². The summed E-state index contributed by atoms with van der Waals surface area (Å²) in [5.74, 6) is 0.570. The third kappa shape index (κ3) is 3.70. The second kappa shape index (κ2) is 7.41. The Morgan fingerprint density at radius 1 is 1.38 bits per heavy atom. The van der Waals surface area contributed by atoms with Crippen LogP contribution in [-0.4, -0.2) is 23.2 Å². The van der Waals surface area contributed by atoms with Crippen LogP contribution in [0.1, 0.15) is 49.0 Å². The van der Waals surface area contributed by atoms with Crippen molar-refractivity contribution in [1.82, 2.24) is 10.9 Å². The number of fused-ring (bicyclic) bond motifs is 1. The smallest absolute Gasteiger partial charge is 0.271 e. The van der Waals surface area contributed by atoms with Crippen LogP contribution < -0.4 is 10.9 Å². The zero-order chi connectivity index (χ0) is 18.7. The van der Waals surface area contributed by atoms with E-state index in [2.05, 4.69) is 30.5 Å². The molecule has 2 bridgehead atoms. The molecule has 3 N–H and O–H groups in total. The van der Waals surface area contributed by atoms with Gasteiger partial charge < -0.3 is 0 Å². The number of hydroxylamine groups is 1. The van der Waals surface area contributed by atoms with Crippen LogP contribution in [0.2, 0.25) is 0 Å². The van der Waals surface area contributed by atoms with Gasteiger partial charge in [0.2, 0.25) is 5.91 Å². The maximum atomic E-state index is 12.3. The number of benzene rings is 1. The minimum absolute atomic E-state index is 0.159. The van der Waals surface area contributed by atoms with Gasteiger partial charge >= 0.3 is 0 Å². The van der Waals surface area contributed by atoms with E-state index in [0.717, 1.165) is 17.9 Å². The van der Waals surface area contributed by atoms with Gasteiger partial charge in [0.25, 0.3) is 5.91 Å². The summed E-state index contributed by atoms with van der Waals surface area (Å²) in [6.07, 6.45) is 6.90. The Labute approximate surface area is 153 Å². The van der Waals surface area contributed by atoms with Crippen molar-refractivity contribution in [1.29, 1.82) is 0 Å². The van der Waals surface area contributed by atoms with Crippen molar-refractivity contribution in [3.63, 3.8) is 0 Å². The zero-order valence-corrected chi connectivity index (χ0v) is 15.2. The first-order chi connectivity index (χ1) is 12.4. The molecule has 4 rings (SSSR count). The minimum Gasteiger partial charge on any atom is -0.289 e. The lowest BCUT2D eigenvalue weighted by Crippen LogP contribution is -2.48. The molecule has 2 atom stereocenters. The predicted octanol–water partition coefficient (Wildman–Crippen LogP) is 2.83. The Bertz CT molecular complexity index is 767. The molecule has 3 aliphatic rings. The summed E-state index contributed by atoms with van der Waals surface area (Å²) in [5, 5.41) is 12.7. The Morgan fingerprint density at radius 3 is 2.88 bits per heavy atom. The van der Waals surface area contributed by atoms with Crippen LogP contribution in [-0.2, 0) is 11.2 Å². The van der Waals surface area contributed by atoms with E-state index in [-0.39, 0.29) is 12.3 Å². The van der Waals surface area contributed by atoms with Gasteiger partial charge in [-0.2, -0.15) is 5.10 Å². The summed E-state index contributed by atoms with van der Waals surface area (Å²) < 4.78 is 0. The average Bonchev–Trinajstić information content (AvgIpc) is 2.66. The lowest BCUT2D eigenvalue weighted by Gasteiger charge is -2.55. The summed E-state index contributed by atoms with van der Waals surface area (Å²) in [6, 6.07) is 7.05. The van der Waals surface area contributed by atoms with Crippen LogP contribution in [0, 0.1) is 17.3 Å². The van der Waals surface area contributed by atoms with Gasteiger partial charge in [-0.15, -0.1) is 0 Å². The summed E-state index contributed by atoms with van der Waals surface area (Å²) in [7, 11) is 0. The number of hydrogen-bond donors (Lipinski definition) is 3. The van der Waals surface area contributed by atoms with Crippen LogP contribution in [0.4, 0.5) is 0 Å². The highest BCUT2D eigenvalue weighted by Crippen LogP contribution is 2.58. The first kappa shape index (κ1) is 18.3. The molecule has 1 fully saturated rings. The Hall–Kier alpha value is -2.47. The monoisotopic (exact) mass is 355 g/mol. The highest BCUT2D eigenvalue weighted by molar-refractivity contribution is 5.95. The van der Waals surface area contributed by atoms with Crippen molar-refractivity contribution in [2.45, 2.75) is 39.5 Å². The summed E-state index contributed by atoms with van der Waals surface area (Å²) in [5.41, 5.74) is 7.07. The summed E-state index contributed by atoms with van der Waals surface area (Å²) in [4.78, 5) is 23.4. The molecule has 1 aromatic rings. The third-order valence-corrected chi connectivity index (χ3v) is 5.85. The molecule has 6 heteroatoms. The number of nitrogens with one attached hydrogen (secondary N) is 2. The lowest BCUT2D eigenvalue weighted by molar-refractivity contribution is -0.129. The van der Waals surface area contributed by atoms with Crippen molar-refractivity contribution in [3.8, 4) is 0 Å². The summed E-state index contributed by atoms with van der Waals surface area (Å²) >= 11 is 0. The van der Waals surface area contributed by atoms with E-state index in [4.69, 9.17) is 5.21 Å². The third-order valence-electron chi connectivity index (χ3n) is 5.85. The highest BCUT2D eigenvalue weighted by Gasteiger charge is 2.50. The van der Waals surface area contributed by atoms with Crippen molar-refractivity contribution in [2.75, 3.05) is 0 Å². The summed E-state index contributed by atoms with van der Waals surface area (Å²) in [6.45, 7) is 4.60. The topological polar surface area (TPSA) is 90.8 Å². The van der Waals surface area contributed by atoms with E-state index >= 15 is 0 Å². The van der Waals surface area contributed by atoms with Crippen LogP contribution in [0.15, 0.2) is 41.0 Å². The van der Waals surface area contributed by atoms with E-state index in [1.807, 2.05) is 6.07 Å². The molecule has 0 unspecified atom stereocenters. The second-order valence-corrected chi connectivity index (χ2v) is 7.68. The molecule has 0 aliphatic heterocycles. The highest BCUT2D eigenvalue weighted by atomic mass is 16.5. The molecular formula is C20H25N3O3. The fraction of sp³-hybridized carbons (Fsp3) is 0.450. The molecule has 0 heterocycles. The van der Waals surface area contributed by atoms with Crippen molar-refractivity contribution >= 4 is 18.0 Å². The number of carbonyl (C=O) groups excluding carboxylic acids is 2. The van der Waals surface area contributed by atoms with Crippen molar-refractivity contribution in [2.24, 2.45) is 22.4 Å². The number of allylic oxidation sites excluding steroid dienone is 2. The van der Waals surface area contributed by atoms with Crippen LogP contribution >= 0.6 is 0 Å². The SMILES string of the molecule is CC1(C)[C@H]2CC=C(/C=N/NC(=O)c3cccc(CCC(=O)NO)c3)[C@@H]1C2. The number of hydrogen-bond acceptors (Lipinski definition) is 4. The van der Waals surface area contributed by atoms with Crippen LogP contribution in [0.25, 0.3) is 0 Å². The fourth-order valence-electron chi connectivity index (χ4n) is 3.96. The second-order valence-electron chi connectivity index (χ2n) is 7.68. The molecule has 0 radical (unpaired) electrons. The Kier molecular flexibility index (Phi) is 5.23. The molecule has 26 heavy (non-hydrogen) atoms. The molecule has 1 aromatic carbocycles. The van der Waals surface area contributed by atoms with E-state index < -0.39 is 5.91 Å². The standard InChI is InChI=1S/C20H25N3O3/c1-20(2)16-8-7-15(17(20)11-16)12-21-22-19(25)14-5-3-4-13(10-14)6-9-18(24)23-26/h3-5,7,10,12,16-17,26H,6,8-9,11H2,1-2H3,(H,22,25)(H,23,24)/b21-12+/t16-,17-/m0/s1. The molecule has 0 saturated heterocycles. The first-order valence-electron chi connectivity index (χ1n) is 8.97. The van der Waals surface area contributed by atoms with E-state index in [1.54, 1.807) is 29.9 Å². The van der Waals surface area contributed by atoms with Gasteiger partial charge in [0, 0.05) is 12.0 Å². The number of carbonyl (C=O) groups is 2. The van der Waals surface area contributed by atoms with Gasteiger partial charge in [-0.3, -0.25) is 14.8 Å². The van der Waals surface area contributed by atoms with Gasteiger partial charge in [0.05, 0.1) is 6.21 Å². The fourth-order valence-corrected chi connectivity index (χ4v) is 3.96. The predicted molar refractivity (Wildman–Crippen MR) is 98.7 cm³/mol. The number of aryl methyl sites for hydroxylation is 1. The maximum absolute atomic E-state index is 12.3.